The smallest absolute Gasteiger partial charge is 0.318 e. The van der Waals surface area contributed by atoms with Crippen molar-refractivity contribution in [1.29, 1.82) is 0 Å². The third-order valence-electron chi connectivity index (χ3n) is 5.93. The maximum Gasteiger partial charge on any atom is 0.318 e. The van der Waals surface area contributed by atoms with Gasteiger partial charge in [0.05, 0.1) is 29.6 Å². The standard InChI is InChI=1S/C28H35FN4O3/c1-5-25-24(19-32(18-23-15-10-16-35-23)27(34)30-28(2,3)4)26(36-22-14-9-11-20(29)17-22)33(31-25)21-12-7-6-8-13-21/h6-9,11-14,17,23H,5,10,15-16,18-19H2,1-4H3,(H,30,34)/t23-/m1/s1. The lowest BCUT2D eigenvalue weighted by Gasteiger charge is -2.30. The zero-order chi connectivity index (χ0) is 25.7. The van der Waals surface area contributed by atoms with Gasteiger partial charge < -0.3 is 19.7 Å². The van der Waals surface area contributed by atoms with Gasteiger partial charge in [-0.1, -0.05) is 31.2 Å². The van der Waals surface area contributed by atoms with E-state index in [1.165, 1.54) is 12.1 Å². The van der Waals surface area contributed by atoms with Gasteiger partial charge in [-0.3, -0.25) is 0 Å². The summed E-state index contributed by atoms with van der Waals surface area (Å²) in [5, 5.41) is 7.92. The number of hydrogen-bond acceptors (Lipinski definition) is 4. The molecule has 0 spiro atoms. The first-order valence-corrected chi connectivity index (χ1v) is 12.5. The molecule has 1 atom stereocenters. The van der Waals surface area contributed by atoms with Crippen molar-refractivity contribution in [3.63, 3.8) is 0 Å². The van der Waals surface area contributed by atoms with Gasteiger partial charge in [0.25, 0.3) is 0 Å². The van der Waals surface area contributed by atoms with Gasteiger partial charge in [0, 0.05) is 24.8 Å². The van der Waals surface area contributed by atoms with Crippen LogP contribution in [0.5, 0.6) is 11.6 Å². The molecule has 1 aliphatic heterocycles. The summed E-state index contributed by atoms with van der Waals surface area (Å²) in [5.41, 5.74) is 2.02. The fraction of sp³-hybridized carbons (Fsp3) is 0.429. The Morgan fingerprint density at radius 1 is 1.22 bits per heavy atom. The van der Waals surface area contributed by atoms with E-state index in [1.54, 1.807) is 21.7 Å². The molecule has 0 radical (unpaired) electrons. The van der Waals surface area contributed by atoms with E-state index in [0.717, 1.165) is 29.8 Å². The van der Waals surface area contributed by atoms with Crippen LogP contribution in [-0.2, 0) is 17.7 Å². The summed E-state index contributed by atoms with van der Waals surface area (Å²) >= 11 is 0. The topological polar surface area (TPSA) is 68.6 Å². The molecular formula is C28H35FN4O3. The average molecular weight is 495 g/mol. The van der Waals surface area contributed by atoms with Crippen LogP contribution in [0.3, 0.4) is 0 Å². The van der Waals surface area contributed by atoms with E-state index < -0.39 is 5.54 Å². The van der Waals surface area contributed by atoms with E-state index in [4.69, 9.17) is 14.6 Å². The minimum Gasteiger partial charge on any atom is -0.438 e. The Bertz CT molecular complexity index is 1170. The van der Waals surface area contributed by atoms with E-state index in [1.807, 2.05) is 58.0 Å². The second-order valence-corrected chi connectivity index (χ2v) is 10.1. The van der Waals surface area contributed by atoms with Crippen molar-refractivity contribution in [2.75, 3.05) is 13.2 Å². The van der Waals surface area contributed by atoms with E-state index in [-0.39, 0.29) is 24.5 Å². The molecule has 1 aliphatic rings. The Morgan fingerprint density at radius 2 is 2.00 bits per heavy atom. The number of aromatic nitrogens is 2. The first kappa shape index (κ1) is 25.7. The number of urea groups is 1. The van der Waals surface area contributed by atoms with Crippen molar-refractivity contribution in [2.45, 2.75) is 65.1 Å². The maximum atomic E-state index is 14.0. The second-order valence-electron chi connectivity index (χ2n) is 10.1. The van der Waals surface area contributed by atoms with Crippen LogP contribution in [0, 0.1) is 5.82 Å². The zero-order valence-corrected chi connectivity index (χ0v) is 21.5. The Hall–Kier alpha value is -3.39. The number of nitrogens with one attached hydrogen (secondary N) is 1. The zero-order valence-electron chi connectivity index (χ0n) is 21.5. The summed E-state index contributed by atoms with van der Waals surface area (Å²) in [5.74, 6) is 0.436. The lowest BCUT2D eigenvalue weighted by molar-refractivity contribution is 0.0779. The van der Waals surface area contributed by atoms with E-state index in [9.17, 15) is 9.18 Å². The Balaban J connectivity index is 1.76. The molecule has 7 nitrogen and oxygen atoms in total. The van der Waals surface area contributed by atoms with Gasteiger partial charge in [-0.05, 0) is 64.3 Å². The van der Waals surface area contributed by atoms with Crippen molar-refractivity contribution in [3.05, 3.63) is 71.7 Å². The lowest BCUT2D eigenvalue weighted by Crippen LogP contribution is -2.50. The van der Waals surface area contributed by atoms with E-state index in [0.29, 0.717) is 31.2 Å². The Kier molecular flexibility index (Phi) is 7.94. The van der Waals surface area contributed by atoms with Crippen molar-refractivity contribution < 1.29 is 18.7 Å². The van der Waals surface area contributed by atoms with E-state index in [2.05, 4.69) is 5.32 Å². The number of ether oxygens (including phenoxy) is 2. The SMILES string of the molecule is CCc1nn(-c2ccccc2)c(Oc2cccc(F)c2)c1CN(C[C@H]1CCCO1)C(=O)NC(C)(C)C. The highest BCUT2D eigenvalue weighted by atomic mass is 19.1. The second kappa shape index (κ2) is 11.1. The van der Waals surface area contributed by atoms with Crippen LogP contribution < -0.4 is 10.1 Å². The predicted molar refractivity (Wildman–Crippen MR) is 137 cm³/mol. The minimum atomic E-state index is -0.394. The van der Waals surface area contributed by atoms with Crippen LogP contribution >= 0.6 is 0 Å². The number of amides is 2. The highest BCUT2D eigenvalue weighted by Gasteiger charge is 2.29. The molecule has 192 valence electrons. The van der Waals surface area contributed by atoms with Crippen molar-refractivity contribution in [3.8, 4) is 17.3 Å². The third-order valence-corrected chi connectivity index (χ3v) is 5.93. The van der Waals surface area contributed by atoms with Gasteiger partial charge in [0.15, 0.2) is 0 Å². The number of halogens is 1. The van der Waals surface area contributed by atoms with Crippen molar-refractivity contribution in [1.82, 2.24) is 20.0 Å². The van der Waals surface area contributed by atoms with Gasteiger partial charge in [0.2, 0.25) is 5.88 Å². The quantitative estimate of drug-likeness (QED) is 0.426. The molecule has 1 aromatic heterocycles. The molecule has 1 saturated heterocycles. The van der Waals surface area contributed by atoms with Crippen LogP contribution in [0.4, 0.5) is 9.18 Å². The molecule has 3 aromatic rings. The summed E-state index contributed by atoms with van der Waals surface area (Å²) in [7, 11) is 0. The van der Waals surface area contributed by atoms with Gasteiger partial charge >= 0.3 is 6.03 Å². The molecule has 8 heteroatoms. The molecule has 0 unspecified atom stereocenters. The van der Waals surface area contributed by atoms with Crippen molar-refractivity contribution in [2.24, 2.45) is 0 Å². The molecule has 1 fully saturated rings. The summed E-state index contributed by atoms with van der Waals surface area (Å²) in [6.07, 6.45) is 2.52. The fourth-order valence-electron chi connectivity index (χ4n) is 4.26. The van der Waals surface area contributed by atoms with Crippen LogP contribution in [0.1, 0.15) is 51.8 Å². The van der Waals surface area contributed by atoms with Gasteiger partial charge in [-0.25, -0.2) is 13.9 Å². The molecule has 2 heterocycles. The van der Waals surface area contributed by atoms with E-state index >= 15 is 0 Å². The van der Waals surface area contributed by atoms with Crippen LogP contribution in [0.15, 0.2) is 54.6 Å². The molecular weight excluding hydrogens is 459 g/mol. The number of hydrogen-bond donors (Lipinski definition) is 1. The number of nitrogens with zero attached hydrogens (tertiary/aromatic N) is 3. The van der Waals surface area contributed by atoms with Crippen LogP contribution in [-0.4, -0.2) is 45.5 Å². The molecule has 36 heavy (non-hydrogen) atoms. The average Bonchev–Trinajstić information content (AvgIpc) is 3.46. The monoisotopic (exact) mass is 494 g/mol. The number of aryl methyl sites for hydroxylation is 1. The number of para-hydroxylation sites is 1. The number of carbonyl (C=O) groups excluding carboxylic acids is 1. The molecule has 4 rings (SSSR count). The number of benzene rings is 2. The van der Waals surface area contributed by atoms with Crippen LogP contribution in [0.2, 0.25) is 0 Å². The van der Waals surface area contributed by atoms with Gasteiger partial charge in [-0.15, -0.1) is 0 Å². The predicted octanol–water partition coefficient (Wildman–Crippen LogP) is 5.86. The summed E-state index contributed by atoms with van der Waals surface area (Å²) in [4.78, 5) is 15.2. The first-order chi connectivity index (χ1) is 17.2. The summed E-state index contributed by atoms with van der Waals surface area (Å²) in [6, 6.07) is 15.5. The highest BCUT2D eigenvalue weighted by molar-refractivity contribution is 5.75. The Labute approximate surface area is 212 Å². The van der Waals surface area contributed by atoms with Crippen LogP contribution in [0.25, 0.3) is 5.69 Å². The normalized spacial score (nSPS) is 15.6. The molecule has 2 aromatic carbocycles. The Morgan fingerprint density at radius 3 is 2.64 bits per heavy atom. The highest BCUT2D eigenvalue weighted by Crippen LogP contribution is 2.33. The largest absolute Gasteiger partial charge is 0.438 e. The fourth-order valence-corrected chi connectivity index (χ4v) is 4.26. The summed E-state index contributed by atoms with van der Waals surface area (Å²) in [6.45, 7) is 9.34. The molecule has 0 saturated carbocycles. The molecule has 2 amide bonds. The lowest BCUT2D eigenvalue weighted by atomic mass is 10.1. The summed E-state index contributed by atoms with van der Waals surface area (Å²) < 4.78 is 27.9. The number of carbonyl (C=O) groups is 1. The number of rotatable bonds is 8. The van der Waals surface area contributed by atoms with Gasteiger partial charge in [0.1, 0.15) is 11.6 Å². The molecule has 1 N–H and O–H groups in total. The van der Waals surface area contributed by atoms with Gasteiger partial charge in [-0.2, -0.15) is 5.10 Å². The minimum absolute atomic E-state index is 0.0162. The third kappa shape index (κ3) is 6.43. The van der Waals surface area contributed by atoms with Crippen molar-refractivity contribution >= 4 is 6.03 Å². The molecule has 0 bridgehead atoms. The first-order valence-electron chi connectivity index (χ1n) is 12.5. The molecule has 0 aliphatic carbocycles. The maximum absolute atomic E-state index is 14.0.